The molecule has 0 aliphatic heterocycles. The van der Waals surface area contributed by atoms with Gasteiger partial charge in [-0.3, -0.25) is 0 Å². The van der Waals surface area contributed by atoms with Crippen molar-refractivity contribution >= 4 is 12.0 Å². The molecule has 0 aliphatic rings. The second-order valence-corrected chi connectivity index (χ2v) is 2.49. The second-order valence-electron chi connectivity index (χ2n) is 2.49. The van der Waals surface area contributed by atoms with E-state index in [1.54, 1.807) is 7.11 Å². The molecule has 6 heteroatoms. The molecule has 0 radical (unpaired) electrons. The molecule has 72 valence electrons. The average molecular weight is 185 g/mol. The van der Waals surface area contributed by atoms with E-state index in [1.807, 2.05) is 0 Å². The zero-order valence-corrected chi connectivity index (χ0v) is 7.23. The molecule has 0 aliphatic carbocycles. The topological polar surface area (TPSA) is 90.4 Å². The number of aromatic nitrogens is 2. The van der Waals surface area contributed by atoms with Crippen molar-refractivity contribution in [2.45, 2.75) is 6.42 Å². The third-order valence-electron chi connectivity index (χ3n) is 1.55. The second kappa shape index (κ2) is 3.90. The zero-order chi connectivity index (χ0) is 9.84. The Balaban J connectivity index is 2.76. The van der Waals surface area contributed by atoms with Gasteiger partial charge >= 0.3 is 6.09 Å². The van der Waals surface area contributed by atoms with E-state index in [0.29, 0.717) is 18.7 Å². The van der Waals surface area contributed by atoms with Crippen molar-refractivity contribution in [3.8, 4) is 0 Å². The highest BCUT2D eigenvalue weighted by Crippen LogP contribution is 2.05. The first-order valence-corrected chi connectivity index (χ1v) is 3.71. The van der Waals surface area contributed by atoms with Gasteiger partial charge in [0.25, 0.3) is 0 Å². The van der Waals surface area contributed by atoms with Crippen LogP contribution in [0.4, 0.5) is 10.7 Å². The molecule has 0 unspecified atom stereocenters. The minimum atomic E-state index is -1.13. The van der Waals surface area contributed by atoms with Gasteiger partial charge in [0.1, 0.15) is 0 Å². The Morgan fingerprint density at radius 3 is 3.00 bits per heavy atom. The summed E-state index contributed by atoms with van der Waals surface area (Å²) < 4.78 is 5.70. The third kappa shape index (κ3) is 2.19. The van der Waals surface area contributed by atoms with Gasteiger partial charge in [-0.05, 0) is 0 Å². The van der Waals surface area contributed by atoms with Crippen molar-refractivity contribution < 1.29 is 14.6 Å². The van der Waals surface area contributed by atoms with Gasteiger partial charge in [0.15, 0.2) is 0 Å². The Bertz CT molecular complexity index is 308. The van der Waals surface area contributed by atoms with Crippen LogP contribution < -0.4 is 5.73 Å². The molecule has 6 nitrogen and oxygen atoms in total. The monoisotopic (exact) mass is 185 g/mol. The fourth-order valence-corrected chi connectivity index (χ4v) is 0.925. The highest BCUT2D eigenvalue weighted by molar-refractivity contribution is 5.71. The number of carbonyl (C=O) groups is 1. The third-order valence-corrected chi connectivity index (χ3v) is 1.55. The van der Waals surface area contributed by atoms with Gasteiger partial charge in [-0.2, -0.15) is 0 Å². The SMILES string of the molecule is COCCc1cn(C(=O)O)c(N)n1. The van der Waals surface area contributed by atoms with Crippen LogP contribution in [0, 0.1) is 0 Å². The predicted octanol–water partition coefficient (Wildman–Crippen LogP) is 0.180. The molecular formula is C7H11N3O3. The molecule has 1 rings (SSSR count). The molecule has 0 bridgehead atoms. The minimum absolute atomic E-state index is 0.0152. The zero-order valence-electron chi connectivity index (χ0n) is 7.23. The largest absolute Gasteiger partial charge is 0.464 e. The number of nitrogen functional groups attached to an aromatic ring is 1. The summed E-state index contributed by atoms with van der Waals surface area (Å²) in [5.74, 6) is -0.0152. The van der Waals surface area contributed by atoms with E-state index in [4.69, 9.17) is 15.6 Å². The number of anilines is 1. The maximum absolute atomic E-state index is 10.5. The van der Waals surface area contributed by atoms with Gasteiger partial charge in [0.2, 0.25) is 5.95 Å². The minimum Gasteiger partial charge on any atom is -0.464 e. The lowest BCUT2D eigenvalue weighted by molar-refractivity contribution is 0.196. The molecular weight excluding hydrogens is 174 g/mol. The van der Waals surface area contributed by atoms with Crippen molar-refractivity contribution in [3.05, 3.63) is 11.9 Å². The molecule has 0 saturated heterocycles. The molecule has 0 aromatic carbocycles. The van der Waals surface area contributed by atoms with E-state index >= 15 is 0 Å². The Hall–Kier alpha value is -1.56. The highest BCUT2D eigenvalue weighted by Gasteiger charge is 2.09. The van der Waals surface area contributed by atoms with Crippen molar-refractivity contribution in [3.63, 3.8) is 0 Å². The van der Waals surface area contributed by atoms with Crippen LogP contribution >= 0.6 is 0 Å². The van der Waals surface area contributed by atoms with Crippen molar-refractivity contribution in [1.29, 1.82) is 0 Å². The van der Waals surface area contributed by atoms with Crippen LogP contribution in [0.5, 0.6) is 0 Å². The van der Waals surface area contributed by atoms with Crippen molar-refractivity contribution in [1.82, 2.24) is 9.55 Å². The lowest BCUT2D eigenvalue weighted by Gasteiger charge is -1.93. The van der Waals surface area contributed by atoms with E-state index in [9.17, 15) is 4.79 Å². The number of nitrogens with two attached hydrogens (primary N) is 1. The van der Waals surface area contributed by atoms with Crippen LogP contribution in [-0.4, -0.2) is 34.5 Å². The van der Waals surface area contributed by atoms with Gasteiger partial charge in [0.05, 0.1) is 12.3 Å². The van der Waals surface area contributed by atoms with Gasteiger partial charge in [0, 0.05) is 19.7 Å². The Kier molecular flexibility index (Phi) is 2.86. The number of nitrogens with zero attached hydrogens (tertiary/aromatic N) is 2. The standard InChI is InChI=1S/C7H11N3O3/c1-13-3-2-5-4-10(7(11)12)6(8)9-5/h4H,2-3H2,1H3,(H2,8,9)(H,11,12). The normalized spacial score (nSPS) is 10.2. The fraction of sp³-hybridized carbons (Fsp3) is 0.429. The number of hydrogen-bond acceptors (Lipinski definition) is 4. The number of hydrogen-bond donors (Lipinski definition) is 2. The van der Waals surface area contributed by atoms with Crippen LogP contribution in [0.2, 0.25) is 0 Å². The van der Waals surface area contributed by atoms with Gasteiger partial charge in [-0.25, -0.2) is 14.3 Å². The molecule has 0 amide bonds. The average Bonchev–Trinajstić information content (AvgIpc) is 2.43. The van der Waals surface area contributed by atoms with E-state index in [-0.39, 0.29) is 5.95 Å². The van der Waals surface area contributed by atoms with E-state index < -0.39 is 6.09 Å². The summed E-state index contributed by atoms with van der Waals surface area (Å²) in [5.41, 5.74) is 5.96. The maximum Gasteiger partial charge on any atom is 0.418 e. The smallest absolute Gasteiger partial charge is 0.418 e. The first-order valence-electron chi connectivity index (χ1n) is 3.71. The predicted molar refractivity (Wildman–Crippen MR) is 45.6 cm³/mol. The van der Waals surface area contributed by atoms with E-state index in [1.165, 1.54) is 6.20 Å². The van der Waals surface area contributed by atoms with E-state index in [0.717, 1.165) is 4.57 Å². The lowest BCUT2D eigenvalue weighted by atomic mass is 10.3. The van der Waals surface area contributed by atoms with Crippen LogP contribution in [0.1, 0.15) is 5.69 Å². The summed E-state index contributed by atoms with van der Waals surface area (Å²) >= 11 is 0. The molecule has 3 N–H and O–H groups in total. The molecule has 0 atom stereocenters. The molecule has 1 heterocycles. The first kappa shape index (κ1) is 9.53. The van der Waals surface area contributed by atoms with Crippen molar-refractivity contribution in [2.75, 3.05) is 19.5 Å². The van der Waals surface area contributed by atoms with Gasteiger partial charge in [-0.15, -0.1) is 0 Å². The number of rotatable bonds is 3. The van der Waals surface area contributed by atoms with E-state index in [2.05, 4.69) is 4.98 Å². The van der Waals surface area contributed by atoms with Crippen LogP contribution in [0.25, 0.3) is 0 Å². The highest BCUT2D eigenvalue weighted by atomic mass is 16.5. The van der Waals surface area contributed by atoms with Gasteiger partial charge in [-0.1, -0.05) is 0 Å². The summed E-state index contributed by atoms with van der Waals surface area (Å²) in [5, 5.41) is 8.62. The number of imidazole rings is 1. The fourth-order valence-electron chi connectivity index (χ4n) is 0.925. The number of carboxylic acid groups (broad SMARTS) is 1. The maximum atomic E-state index is 10.5. The number of ether oxygens (including phenoxy) is 1. The van der Waals surface area contributed by atoms with Crippen LogP contribution in [0.15, 0.2) is 6.20 Å². The van der Waals surface area contributed by atoms with Crippen molar-refractivity contribution in [2.24, 2.45) is 0 Å². The first-order chi connectivity index (χ1) is 6.15. The Morgan fingerprint density at radius 2 is 2.54 bits per heavy atom. The Morgan fingerprint density at radius 1 is 1.85 bits per heavy atom. The van der Waals surface area contributed by atoms with Crippen LogP contribution in [-0.2, 0) is 11.2 Å². The Labute approximate surface area is 74.9 Å². The summed E-state index contributed by atoms with van der Waals surface area (Å²) in [6.07, 6.45) is 0.811. The summed E-state index contributed by atoms with van der Waals surface area (Å²) in [7, 11) is 1.57. The molecule has 0 fully saturated rings. The lowest BCUT2D eigenvalue weighted by Crippen LogP contribution is -2.09. The number of methoxy groups -OCH3 is 1. The summed E-state index contributed by atoms with van der Waals surface area (Å²) in [6.45, 7) is 0.496. The molecule has 0 spiro atoms. The van der Waals surface area contributed by atoms with Gasteiger partial charge < -0.3 is 15.6 Å². The molecule has 1 aromatic rings. The molecule has 13 heavy (non-hydrogen) atoms. The molecule has 1 aromatic heterocycles. The summed E-state index contributed by atoms with van der Waals surface area (Å²) in [6, 6.07) is 0. The summed E-state index contributed by atoms with van der Waals surface area (Å²) in [4.78, 5) is 14.4. The quantitative estimate of drug-likeness (QED) is 0.701. The van der Waals surface area contributed by atoms with Crippen LogP contribution in [0.3, 0.4) is 0 Å². The molecule has 0 saturated carbocycles.